The molecule has 0 atom stereocenters. The Balaban J connectivity index is 2.28. The number of aromatic amines is 1. The van der Waals surface area contributed by atoms with Crippen LogP contribution in [0.3, 0.4) is 0 Å². The first kappa shape index (κ1) is 14.0. The Morgan fingerprint density at radius 3 is 2.80 bits per heavy atom. The largest absolute Gasteiger partial charge is 0.270 e. The van der Waals surface area contributed by atoms with Gasteiger partial charge in [-0.05, 0) is 12.5 Å². The van der Waals surface area contributed by atoms with Crippen LogP contribution in [0.5, 0.6) is 0 Å². The molecule has 0 amide bonds. The maximum Gasteiger partial charge on any atom is 0.270 e. The molecular formula is C9H10N6O4S. The molecular weight excluding hydrogens is 288 g/mol. The number of non-ortho nitro benzene ring substituents is 1. The predicted octanol–water partition coefficient (Wildman–Crippen LogP) is -0.105. The van der Waals surface area contributed by atoms with Gasteiger partial charge in [0.2, 0.25) is 10.0 Å². The van der Waals surface area contributed by atoms with Crippen molar-refractivity contribution in [2.45, 2.75) is 18.4 Å². The standard InChI is InChI=1S/C9H10N6O4S/c1-6-2-3-7(15(16)17)4-8(6)20(18,19)10-5-9-11-13-14-12-9/h2-4,10H,5H2,1H3,(H,11,12,13,14). The summed E-state index contributed by atoms with van der Waals surface area (Å²) in [5.41, 5.74) is 0.103. The van der Waals surface area contributed by atoms with Crippen molar-refractivity contribution in [3.8, 4) is 0 Å². The van der Waals surface area contributed by atoms with Crippen LogP contribution in [0.25, 0.3) is 0 Å². The quantitative estimate of drug-likeness (QED) is 0.579. The smallest absolute Gasteiger partial charge is 0.258 e. The average molecular weight is 298 g/mol. The van der Waals surface area contributed by atoms with Crippen LogP contribution in [-0.4, -0.2) is 34.0 Å². The van der Waals surface area contributed by atoms with E-state index in [0.717, 1.165) is 6.07 Å². The van der Waals surface area contributed by atoms with Crippen LogP contribution in [0.15, 0.2) is 23.1 Å². The fourth-order valence-electron chi connectivity index (χ4n) is 1.49. The average Bonchev–Trinajstić information content (AvgIpc) is 2.89. The molecule has 0 aliphatic rings. The predicted molar refractivity (Wildman–Crippen MR) is 66.0 cm³/mol. The Hall–Kier alpha value is -2.40. The second kappa shape index (κ2) is 5.30. The molecule has 0 unspecified atom stereocenters. The summed E-state index contributed by atoms with van der Waals surface area (Å²) >= 11 is 0. The Bertz CT molecular complexity index is 727. The molecule has 0 saturated heterocycles. The van der Waals surface area contributed by atoms with Gasteiger partial charge in [0.05, 0.1) is 16.4 Å². The van der Waals surface area contributed by atoms with Crippen LogP contribution >= 0.6 is 0 Å². The topological polar surface area (TPSA) is 144 Å². The van der Waals surface area contributed by atoms with Crippen molar-refractivity contribution in [1.82, 2.24) is 25.3 Å². The van der Waals surface area contributed by atoms with Gasteiger partial charge in [0.15, 0.2) is 5.82 Å². The molecule has 1 heterocycles. The Kier molecular flexibility index (Phi) is 3.72. The first-order valence-corrected chi connectivity index (χ1v) is 6.85. The lowest BCUT2D eigenvalue weighted by molar-refractivity contribution is -0.385. The molecule has 0 saturated carbocycles. The lowest BCUT2D eigenvalue weighted by Crippen LogP contribution is -2.24. The van der Waals surface area contributed by atoms with Gasteiger partial charge in [0.25, 0.3) is 5.69 Å². The number of rotatable bonds is 5. The van der Waals surface area contributed by atoms with Gasteiger partial charge in [-0.1, -0.05) is 11.3 Å². The number of aryl methyl sites for hydroxylation is 1. The van der Waals surface area contributed by atoms with Crippen molar-refractivity contribution in [3.05, 3.63) is 39.7 Å². The fourth-order valence-corrected chi connectivity index (χ4v) is 2.73. The normalized spacial score (nSPS) is 11.4. The van der Waals surface area contributed by atoms with E-state index in [0.29, 0.717) is 5.56 Å². The molecule has 2 aromatic rings. The summed E-state index contributed by atoms with van der Waals surface area (Å²) in [6.07, 6.45) is 0. The SMILES string of the molecule is Cc1ccc([N+](=O)[O-])cc1S(=O)(=O)NCc1nn[nH]n1. The van der Waals surface area contributed by atoms with Gasteiger partial charge in [-0.25, -0.2) is 13.1 Å². The summed E-state index contributed by atoms with van der Waals surface area (Å²) in [6, 6.07) is 3.63. The number of nitro groups is 1. The summed E-state index contributed by atoms with van der Waals surface area (Å²) in [5.74, 6) is 0.164. The first-order valence-electron chi connectivity index (χ1n) is 5.37. The van der Waals surface area contributed by atoms with E-state index in [-0.39, 0.29) is 23.0 Å². The molecule has 0 aliphatic heterocycles. The molecule has 2 rings (SSSR count). The van der Waals surface area contributed by atoms with Crippen molar-refractivity contribution in [3.63, 3.8) is 0 Å². The lowest BCUT2D eigenvalue weighted by Gasteiger charge is -2.07. The van der Waals surface area contributed by atoms with Gasteiger partial charge in [-0.15, -0.1) is 10.2 Å². The molecule has 0 spiro atoms. The van der Waals surface area contributed by atoms with Crippen LogP contribution in [0.2, 0.25) is 0 Å². The van der Waals surface area contributed by atoms with E-state index >= 15 is 0 Å². The van der Waals surface area contributed by atoms with Crippen molar-refractivity contribution < 1.29 is 13.3 Å². The van der Waals surface area contributed by atoms with Crippen molar-refractivity contribution >= 4 is 15.7 Å². The number of aromatic nitrogens is 4. The first-order chi connectivity index (χ1) is 9.40. The van der Waals surface area contributed by atoms with E-state index in [1.54, 1.807) is 6.92 Å². The highest BCUT2D eigenvalue weighted by molar-refractivity contribution is 7.89. The van der Waals surface area contributed by atoms with E-state index in [1.165, 1.54) is 12.1 Å². The number of hydrogen-bond acceptors (Lipinski definition) is 7. The molecule has 0 aliphatic carbocycles. The number of H-pyrrole nitrogens is 1. The van der Waals surface area contributed by atoms with Gasteiger partial charge in [0, 0.05) is 12.1 Å². The van der Waals surface area contributed by atoms with Crippen LogP contribution in [0, 0.1) is 17.0 Å². The lowest BCUT2D eigenvalue weighted by atomic mass is 10.2. The summed E-state index contributed by atoms with van der Waals surface area (Å²) in [7, 11) is -3.90. The minimum atomic E-state index is -3.90. The fraction of sp³-hybridized carbons (Fsp3) is 0.222. The zero-order valence-electron chi connectivity index (χ0n) is 10.3. The molecule has 10 nitrogen and oxygen atoms in total. The molecule has 1 aromatic heterocycles. The Morgan fingerprint density at radius 2 is 2.20 bits per heavy atom. The van der Waals surface area contributed by atoms with Gasteiger partial charge >= 0.3 is 0 Å². The number of nitrogens with zero attached hydrogens (tertiary/aromatic N) is 4. The highest BCUT2D eigenvalue weighted by atomic mass is 32.2. The van der Waals surface area contributed by atoms with Gasteiger partial charge in [-0.3, -0.25) is 10.1 Å². The molecule has 11 heteroatoms. The maximum atomic E-state index is 12.1. The number of nitrogens with one attached hydrogen (secondary N) is 2. The summed E-state index contributed by atoms with van der Waals surface area (Å²) < 4.78 is 26.5. The van der Waals surface area contributed by atoms with E-state index < -0.39 is 14.9 Å². The molecule has 106 valence electrons. The molecule has 2 N–H and O–H groups in total. The number of hydrogen-bond donors (Lipinski definition) is 2. The maximum absolute atomic E-state index is 12.1. The number of tetrazole rings is 1. The molecule has 0 fully saturated rings. The zero-order chi connectivity index (χ0) is 14.8. The minimum absolute atomic E-state index is 0.157. The van der Waals surface area contributed by atoms with Crippen LogP contribution in [-0.2, 0) is 16.6 Å². The third-order valence-corrected chi connectivity index (χ3v) is 4.02. The van der Waals surface area contributed by atoms with Crippen molar-refractivity contribution in [2.24, 2.45) is 0 Å². The van der Waals surface area contributed by atoms with E-state index in [1.807, 2.05) is 0 Å². The van der Waals surface area contributed by atoms with Gasteiger partial charge < -0.3 is 0 Å². The molecule has 20 heavy (non-hydrogen) atoms. The third kappa shape index (κ3) is 2.95. The summed E-state index contributed by atoms with van der Waals surface area (Å²) in [5, 5.41) is 23.4. The van der Waals surface area contributed by atoms with E-state index in [9.17, 15) is 18.5 Å². The number of nitro benzene ring substituents is 1. The second-order valence-corrected chi connectivity index (χ2v) is 5.59. The highest BCUT2D eigenvalue weighted by Crippen LogP contribution is 2.21. The third-order valence-electron chi connectivity index (χ3n) is 2.48. The van der Waals surface area contributed by atoms with Crippen molar-refractivity contribution in [2.75, 3.05) is 0 Å². The minimum Gasteiger partial charge on any atom is -0.258 e. The number of benzene rings is 1. The molecule has 1 aromatic carbocycles. The molecule has 0 bridgehead atoms. The Labute approximate surface area is 113 Å². The van der Waals surface area contributed by atoms with Crippen molar-refractivity contribution in [1.29, 1.82) is 0 Å². The summed E-state index contributed by atoms with van der Waals surface area (Å²) in [6.45, 7) is 1.38. The zero-order valence-corrected chi connectivity index (χ0v) is 11.1. The molecule has 0 radical (unpaired) electrons. The van der Waals surface area contributed by atoms with Gasteiger partial charge in [-0.2, -0.15) is 5.21 Å². The Morgan fingerprint density at radius 1 is 1.45 bits per heavy atom. The monoisotopic (exact) mass is 298 g/mol. The number of sulfonamides is 1. The van der Waals surface area contributed by atoms with Crippen LogP contribution < -0.4 is 4.72 Å². The van der Waals surface area contributed by atoms with Crippen LogP contribution in [0.1, 0.15) is 11.4 Å². The highest BCUT2D eigenvalue weighted by Gasteiger charge is 2.20. The van der Waals surface area contributed by atoms with E-state index in [4.69, 9.17) is 0 Å². The second-order valence-electron chi connectivity index (χ2n) is 3.86. The van der Waals surface area contributed by atoms with E-state index in [2.05, 4.69) is 25.3 Å². The van der Waals surface area contributed by atoms with Gasteiger partial charge in [0.1, 0.15) is 0 Å². The van der Waals surface area contributed by atoms with Crippen LogP contribution in [0.4, 0.5) is 5.69 Å². The summed E-state index contributed by atoms with van der Waals surface area (Å²) in [4.78, 5) is 9.88.